The van der Waals surface area contributed by atoms with Crippen molar-refractivity contribution in [2.24, 2.45) is 0 Å². The molecule has 5 nitrogen and oxygen atoms in total. The maximum absolute atomic E-state index is 13.5. The predicted octanol–water partition coefficient (Wildman–Crippen LogP) is 4.07. The normalized spacial score (nSPS) is 16.1. The number of nitrogens with zero attached hydrogens (tertiary/aromatic N) is 2. The Balaban J connectivity index is 1.85. The summed E-state index contributed by atoms with van der Waals surface area (Å²) in [5.41, 5.74) is 0.0699. The fourth-order valence-corrected chi connectivity index (χ4v) is 3.38. The molecule has 1 N–H and O–H groups in total. The van der Waals surface area contributed by atoms with Gasteiger partial charge in [0, 0.05) is 25.3 Å². The Morgan fingerprint density at radius 2 is 1.86 bits per heavy atom. The largest absolute Gasteiger partial charge is 0.497 e. The van der Waals surface area contributed by atoms with E-state index in [4.69, 9.17) is 14.7 Å². The van der Waals surface area contributed by atoms with E-state index >= 15 is 0 Å². The molecular weight excluding hydrogens is 383 g/mol. The molecule has 0 aliphatic carbocycles. The smallest absolute Gasteiger partial charge is 0.418 e. The van der Waals surface area contributed by atoms with Crippen molar-refractivity contribution in [3.05, 3.63) is 59.2 Å². The third-order valence-electron chi connectivity index (χ3n) is 4.93. The molecule has 0 amide bonds. The Bertz CT molecular complexity index is 857. The number of benzene rings is 2. The molecule has 1 atom stereocenters. The Morgan fingerprint density at radius 1 is 1.17 bits per heavy atom. The van der Waals surface area contributed by atoms with Crippen LogP contribution in [0.1, 0.15) is 22.7 Å². The molecule has 1 heterocycles. The third-order valence-corrected chi connectivity index (χ3v) is 4.93. The van der Waals surface area contributed by atoms with Gasteiger partial charge < -0.3 is 14.8 Å². The van der Waals surface area contributed by atoms with Gasteiger partial charge in [-0.15, -0.1) is 0 Å². The van der Waals surface area contributed by atoms with Gasteiger partial charge in [-0.05, 0) is 35.9 Å². The molecule has 1 aliphatic rings. The molecule has 0 bridgehead atoms. The summed E-state index contributed by atoms with van der Waals surface area (Å²) < 4.78 is 51.0. The van der Waals surface area contributed by atoms with Crippen molar-refractivity contribution >= 4 is 5.69 Å². The fourth-order valence-electron chi connectivity index (χ4n) is 3.38. The molecule has 1 saturated heterocycles. The van der Waals surface area contributed by atoms with E-state index < -0.39 is 11.7 Å². The highest BCUT2D eigenvalue weighted by Crippen LogP contribution is 2.36. The van der Waals surface area contributed by atoms with Crippen LogP contribution in [0.4, 0.5) is 18.9 Å². The Labute approximate surface area is 167 Å². The Hall–Kier alpha value is -2.76. The van der Waals surface area contributed by atoms with Crippen LogP contribution in [0.5, 0.6) is 5.75 Å². The molecule has 29 heavy (non-hydrogen) atoms. The molecule has 2 aromatic rings. The minimum atomic E-state index is -4.55. The van der Waals surface area contributed by atoms with Gasteiger partial charge >= 0.3 is 6.18 Å². The van der Waals surface area contributed by atoms with E-state index in [-0.39, 0.29) is 23.8 Å². The molecule has 1 unspecified atom stereocenters. The number of nitrogens with one attached hydrogen (secondary N) is 1. The van der Waals surface area contributed by atoms with Crippen molar-refractivity contribution < 1.29 is 22.6 Å². The molecular formula is C21H22F3N3O2. The number of alkyl halides is 3. The lowest BCUT2D eigenvalue weighted by Crippen LogP contribution is -2.41. The van der Waals surface area contributed by atoms with Gasteiger partial charge in [-0.25, -0.2) is 0 Å². The van der Waals surface area contributed by atoms with E-state index in [0.717, 1.165) is 11.6 Å². The van der Waals surface area contributed by atoms with Crippen LogP contribution in [0.25, 0.3) is 0 Å². The summed E-state index contributed by atoms with van der Waals surface area (Å²) >= 11 is 0. The number of anilines is 1. The number of hydrogen-bond acceptors (Lipinski definition) is 5. The summed E-state index contributed by atoms with van der Waals surface area (Å²) in [4.78, 5) is 2.19. The zero-order valence-corrected chi connectivity index (χ0v) is 16.0. The van der Waals surface area contributed by atoms with E-state index in [1.807, 2.05) is 24.3 Å². The van der Waals surface area contributed by atoms with E-state index in [1.165, 1.54) is 12.1 Å². The van der Waals surface area contributed by atoms with Gasteiger partial charge in [0.2, 0.25) is 0 Å². The van der Waals surface area contributed by atoms with Crippen LogP contribution in [0.2, 0.25) is 0 Å². The highest BCUT2D eigenvalue weighted by molar-refractivity contribution is 5.56. The fraction of sp³-hybridized carbons (Fsp3) is 0.381. The summed E-state index contributed by atoms with van der Waals surface area (Å²) in [6.45, 7) is 2.83. The summed E-state index contributed by atoms with van der Waals surface area (Å²) in [5, 5.41) is 11.9. The molecule has 0 saturated carbocycles. The molecule has 2 aromatic carbocycles. The first kappa shape index (κ1) is 21.0. The topological polar surface area (TPSA) is 57.5 Å². The molecule has 0 spiro atoms. The van der Waals surface area contributed by atoms with E-state index in [0.29, 0.717) is 32.1 Å². The lowest BCUT2D eigenvalue weighted by atomic mass is 10.0. The van der Waals surface area contributed by atoms with Gasteiger partial charge in [-0.2, -0.15) is 18.4 Å². The Morgan fingerprint density at radius 3 is 2.45 bits per heavy atom. The van der Waals surface area contributed by atoms with Crippen molar-refractivity contribution in [2.45, 2.75) is 12.2 Å². The molecule has 1 aliphatic heterocycles. The van der Waals surface area contributed by atoms with Gasteiger partial charge in [0.05, 0.1) is 43.6 Å². The number of nitriles is 1. The number of halogens is 3. The van der Waals surface area contributed by atoms with Crippen molar-refractivity contribution in [1.82, 2.24) is 4.90 Å². The predicted molar refractivity (Wildman–Crippen MR) is 103 cm³/mol. The number of methoxy groups -OCH3 is 1. The number of hydrogen-bond donors (Lipinski definition) is 1. The van der Waals surface area contributed by atoms with Crippen LogP contribution >= 0.6 is 0 Å². The van der Waals surface area contributed by atoms with Crippen LogP contribution in [0.15, 0.2) is 42.5 Å². The molecule has 0 radical (unpaired) electrons. The SMILES string of the molecule is COc1ccc(C(CNc2ccc(C#N)cc2C(F)(F)F)N2CCOCC2)cc1. The number of ether oxygens (including phenoxy) is 2. The van der Waals surface area contributed by atoms with Crippen LogP contribution in [-0.4, -0.2) is 44.9 Å². The molecule has 3 rings (SSSR count). The Kier molecular flexibility index (Phi) is 6.62. The van der Waals surface area contributed by atoms with Gasteiger partial charge in [0.15, 0.2) is 0 Å². The van der Waals surface area contributed by atoms with Crippen molar-refractivity contribution in [3.8, 4) is 11.8 Å². The van der Waals surface area contributed by atoms with Gasteiger partial charge in [-0.3, -0.25) is 4.90 Å². The molecule has 154 valence electrons. The highest BCUT2D eigenvalue weighted by Gasteiger charge is 2.34. The third kappa shape index (κ3) is 5.19. The van der Waals surface area contributed by atoms with Gasteiger partial charge in [0.25, 0.3) is 0 Å². The lowest BCUT2D eigenvalue weighted by Gasteiger charge is -2.35. The van der Waals surface area contributed by atoms with Crippen LogP contribution in [0.3, 0.4) is 0 Å². The second-order valence-electron chi connectivity index (χ2n) is 6.69. The average molecular weight is 405 g/mol. The standard InChI is InChI=1S/C21H22F3N3O2/c1-28-17-5-3-16(4-6-17)20(27-8-10-29-11-9-27)14-26-19-7-2-15(13-25)12-18(19)21(22,23)24/h2-7,12,20,26H,8-11,14H2,1H3. The number of morpholine rings is 1. The number of rotatable bonds is 6. The minimum Gasteiger partial charge on any atom is -0.497 e. The second-order valence-corrected chi connectivity index (χ2v) is 6.69. The van der Waals surface area contributed by atoms with Gasteiger partial charge in [0.1, 0.15) is 5.75 Å². The average Bonchev–Trinajstić information content (AvgIpc) is 2.74. The molecule has 8 heteroatoms. The van der Waals surface area contributed by atoms with E-state index in [9.17, 15) is 13.2 Å². The highest BCUT2D eigenvalue weighted by atomic mass is 19.4. The summed E-state index contributed by atoms with van der Waals surface area (Å²) in [6, 6.07) is 12.7. The molecule has 1 fully saturated rings. The quantitative estimate of drug-likeness (QED) is 0.785. The maximum atomic E-state index is 13.5. The van der Waals surface area contributed by atoms with E-state index in [1.54, 1.807) is 13.2 Å². The summed E-state index contributed by atoms with van der Waals surface area (Å²) in [7, 11) is 1.58. The van der Waals surface area contributed by atoms with Crippen LogP contribution in [0, 0.1) is 11.3 Å². The lowest BCUT2D eigenvalue weighted by molar-refractivity contribution is -0.137. The summed E-state index contributed by atoms with van der Waals surface area (Å²) in [6.07, 6.45) is -4.55. The first-order chi connectivity index (χ1) is 13.9. The van der Waals surface area contributed by atoms with Crippen molar-refractivity contribution in [2.75, 3.05) is 45.3 Å². The first-order valence-corrected chi connectivity index (χ1v) is 9.23. The van der Waals surface area contributed by atoms with Crippen molar-refractivity contribution in [3.63, 3.8) is 0 Å². The molecule has 0 aromatic heterocycles. The van der Waals surface area contributed by atoms with E-state index in [2.05, 4.69) is 10.2 Å². The first-order valence-electron chi connectivity index (χ1n) is 9.23. The summed E-state index contributed by atoms with van der Waals surface area (Å²) in [5.74, 6) is 0.717. The second kappa shape index (κ2) is 9.16. The zero-order chi connectivity index (χ0) is 20.9. The van der Waals surface area contributed by atoms with Crippen LogP contribution < -0.4 is 10.1 Å². The minimum absolute atomic E-state index is 0.0252. The van der Waals surface area contributed by atoms with Crippen LogP contribution in [-0.2, 0) is 10.9 Å². The maximum Gasteiger partial charge on any atom is 0.418 e. The zero-order valence-electron chi connectivity index (χ0n) is 16.0. The van der Waals surface area contributed by atoms with Gasteiger partial charge in [-0.1, -0.05) is 12.1 Å². The van der Waals surface area contributed by atoms with Crippen molar-refractivity contribution in [1.29, 1.82) is 5.26 Å². The monoisotopic (exact) mass is 405 g/mol.